The molecule has 1 saturated heterocycles. The van der Waals surface area contributed by atoms with Gasteiger partial charge in [0.25, 0.3) is 0 Å². The second-order valence-corrected chi connectivity index (χ2v) is 3.40. The van der Waals surface area contributed by atoms with Crippen LogP contribution < -0.4 is 4.90 Å². The molecule has 0 aromatic heterocycles. The van der Waals surface area contributed by atoms with Crippen LogP contribution in [0.5, 0.6) is 0 Å². The minimum absolute atomic E-state index is 0.306. The van der Waals surface area contributed by atoms with E-state index >= 15 is 0 Å². The van der Waals surface area contributed by atoms with Gasteiger partial charge >= 0.3 is 6.09 Å². The van der Waals surface area contributed by atoms with Crippen molar-refractivity contribution in [2.45, 2.75) is 13.0 Å². The van der Waals surface area contributed by atoms with Crippen LogP contribution in [0.4, 0.5) is 10.5 Å². The number of carbonyl (C=O) groups is 1. The number of benzene rings is 1. The predicted molar refractivity (Wildman–Crippen MR) is 54.4 cm³/mol. The van der Waals surface area contributed by atoms with Gasteiger partial charge in [-0.2, -0.15) is 5.26 Å². The molecule has 1 amide bonds. The first kappa shape index (κ1) is 9.53. The third kappa shape index (κ3) is 1.64. The average Bonchev–Trinajstić information content (AvgIpc) is 2.60. The fourth-order valence-electron chi connectivity index (χ4n) is 1.59. The van der Waals surface area contributed by atoms with E-state index in [1.54, 1.807) is 0 Å². The smallest absolute Gasteiger partial charge is 0.415 e. The number of nitriles is 1. The first-order chi connectivity index (χ1) is 7.22. The molecule has 1 aromatic rings. The van der Waals surface area contributed by atoms with Gasteiger partial charge in [-0.15, -0.1) is 0 Å². The van der Waals surface area contributed by atoms with Crippen molar-refractivity contribution in [3.05, 3.63) is 29.8 Å². The van der Waals surface area contributed by atoms with E-state index in [2.05, 4.69) is 0 Å². The second-order valence-electron chi connectivity index (χ2n) is 3.40. The van der Waals surface area contributed by atoms with E-state index in [1.807, 2.05) is 37.3 Å². The highest BCUT2D eigenvalue weighted by atomic mass is 16.6. The molecule has 0 unspecified atom stereocenters. The molecule has 2 rings (SSSR count). The molecule has 15 heavy (non-hydrogen) atoms. The standard InChI is InChI=1S/C11H10N2O2/c1-8-4-2-3-5-10(8)13-7-9(6-12)15-11(13)14/h2-5,9H,7H2,1H3/t9-/m0/s1. The van der Waals surface area contributed by atoms with Gasteiger partial charge in [-0.1, -0.05) is 18.2 Å². The maximum Gasteiger partial charge on any atom is 0.415 e. The molecule has 0 bridgehead atoms. The third-order valence-corrected chi connectivity index (χ3v) is 2.36. The molecule has 0 radical (unpaired) electrons. The molecule has 4 nitrogen and oxygen atoms in total. The lowest BCUT2D eigenvalue weighted by atomic mass is 10.2. The third-order valence-electron chi connectivity index (χ3n) is 2.36. The van der Waals surface area contributed by atoms with Gasteiger partial charge in [0.2, 0.25) is 6.10 Å². The Kier molecular flexibility index (Phi) is 2.30. The zero-order valence-electron chi connectivity index (χ0n) is 8.30. The van der Waals surface area contributed by atoms with Crippen LogP contribution in [-0.4, -0.2) is 18.7 Å². The zero-order chi connectivity index (χ0) is 10.8. The van der Waals surface area contributed by atoms with Crippen LogP contribution in [0, 0.1) is 18.3 Å². The number of rotatable bonds is 1. The lowest BCUT2D eigenvalue weighted by Gasteiger charge is -2.14. The largest absolute Gasteiger partial charge is 0.428 e. The Hall–Kier alpha value is -2.02. The second kappa shape index (κ2) is 3.62. The summed E-state index contributed by atoms with van der Waals surface area (Å²) in [4.78, 5) is 12.9. The van der Waals surface area contributed by atoms with E-state index in [0.717, 1.165) is 11.3 Å². The molecular weight excluding hydrogens is 192 g/mol. The Morgan fingerprint density at radius 2 is 2.27 bits per heavy atom. The predicted octanol–water partition coefficient (Wildman–Crippen LogP) is 1.84. The lowest BCUT2D eigenvalue weighted by molar-refractivity contribution is 0.162. The van der Waals surface area contributed by atoms with Crippen molar-refractivity contribution in [1.29, 1.82) is 5.26 Å². The lowest BCUT2D eigenvalue weighted by Crippen LogP contribution is -2.24. The molecular formula is C11H10N2O2. The summed E-state index contributed by atoms with van der Waals surface area (Å²) in [5, 5.41) is 8.66. The summed E-state index contributed by atoms with van der Waals surface area (Å²) >= 11 is 0. The highest BCUT2D eigenvalue weighted by Gasteiger charge is 2.32. The van der Waals surface area contributed by atoms with Crippen LogP contribution in [0.1, 0.15) is 5.56 Å². The molecule has 0 aliphatic carbocycles. The Morgan fingerprint density at radius 3 is 2.87 bits per heavy atom. The molecule has 76 valence electrons. The number of amides is 1. The fourth-order valence-corrected chi connectivity index (χ4v) is 1.59. The van der Waals surface area contributed by atoms with Crippen molar-refractivity contribution < 1.29 is 9.53 Å². The van der Waals surface area contributed by atoms with Gasteiger partial charge in [-0.3, -0.25) is 4.90 Å². The van der Waals surface area contributed by atoms with E-state index in [1.165, 1.54) is 4.90 Å². The monoisotopic (exact) mass is 202 g/mol. The number of aryl methyl sites for hydroxylation is 1. The molecule has 1 aliphatic rings. The van der Waals surface area contributed by atoms with Gasteiger partial charge in [0.15, 0.2) is 0 Å². The quantitative estimate of drug-likeness (QED) is 0.698. The Morgan fingerprint density at radius 1 is 1.53 bits per heavy atom. The number of cyclic esters (lactones) is 1. The molecule has 1 atom stereocenters. The molecule has 1 aromatic carbocycles. The highest BCUT2D eigenvalue weighted by molar-refractivity contribution is 5.90. The first-order valence-electron chi connectivity index (χ1n) is 4.66. The molecule has 1 aliphatic heterocycles. The van der Waals surface area contributed by atoms with Crippen LogP contribution in [0.25, 0.3) is 0 Å². The first-order valence-corrected chi connectivity index (χ1v) is 4.66. The maximum atomic E-state index is 11.4. The van der Waals surface area contributed by atoms with Crippen molar-refractivity contribution in [3.8, 4) is 6.07 Å². The summed E-state index contributed by atoms with van der Waals surface area (Å²) in [6.07, 6.45) is -1.10. The number of nitrogens with zero attached hydrogens (tertiary/aromatic N) is 2. The molecule has 1 heterocycles. The van der Waals surface area contributed by atoms with E-state index in [-0.39, 0.29) is 0 Å². The summed E-state index contributed by atoms with van der Waals surface area (Å²) in [7, 11) is 0. The van der Waals surface area contributed by atoms with Gasteiger partial charge in [0.05, 0.1) is 12.2 Å². The van der Waals surface area contributed by atoms with Gasteiger partial charge in [-0.25, -0.2) is 4.79 Å². The van der Waals surface area contributed by atoms with Gasteiger partial charge in [0, 0.05) is 0 Å². The molecule has 4 heteroatoms. The number of para-hydroxylation sites is 1. The molecule has 1 fully saturated rings. The van der Waals surface area contributed by atoms with Crippen molar-refractivity contribution in [1.82, 2.24) is 0 Å². The normalized spacial score (nSPS) is 19.9. The Balaban J connectivity index is 2.30. The molecule has 0 N–H and O–H groups in total. The average molecular weight is 202 g/mol. The number of ether oxygens (including phenoxy) is 1. The van der Waals surface area contributed by atoms with Gasteiger partial charge in [-0.05, 0) is 18.6 Å². The van der Waals surface area contributed by atoms with E-state index < -0.39 is 12.2 Å². The van der Waals surface area contributed by atoms with Crippen molar-refractivity contribution in [2.75, 3.05) is 11.4 Å². The molecule has 0 saturated carbocycles. The van der Waals surface area contributed by atoms with Crippen molar-refractivity contribution in [3.63, 3.8) is 0 Å². The van der Waals surface area contributed by atoms with E-state index in [4.69, 9.17) is 10.00 Å². The highest BCUT2D eigenvalue weighted by Crippen LogP contribution is 2.24. The van der Waals surface area contributed by atoms with Crippen LogP contribution >= 0.6 is 0 Å². The SMILES string of the molecule is Cc1ccccc1N1C[C@H](C#N)OC1=O. The van der Waals surface area contributed by atoms with Crippen LogP contribution in [0.3, 0.4) is 0 Å². The van der Waals surface area contributed by atoms with Gasteiger partial charge in [0.1, 0.15) is 6.07 Å². The van der Waals surface area contributed by atoms with Crippen molar-refractivity contribution in [2.24, 2.45) is 0 Å². The summed E-state index contributed by atoms with van der Waals surface area (Å²) in [5.41, 5.74) is 1.80. The number of hydrogen-bond acceptors (Lipinski definition) is 3. The van der Waals surface area contributed by atoms with Crippen LogP contribution in [0.15, 0.2) is 24.3 Å². The summed E-state index contributed by atoms with van der Waals surface area (Å²) < 4.78 is 4.86. The minimum atomic E-state index is -0.655. The minimum Gasteiger partial charge on any atom is -0.428 e. The topological polar surface area (TPSA) is 53.3 Å². The fraction of sp³-hybridized carbons (Fsp3) is 0.273. The van der Waals surface area contributed by atoms with Crippen LogP contribution in [0.2, 0.25) is 0 Å². The van der Waals surface area contributed by atoms with Gasteiger partial charge < -0.3 is 4.74 Å². The Labute approximate surface area is 87.7 Å². The maximum absolute atomic E-state index is 11.4. The van der Waals surface area contributed by atoms with Crippen molar-refractivity contribution >= 4 is 11.8 Å². The number of carbonyl (C=O) groups excluding carboxylic acids is 1. The summed E-state index contributed by atoms with van der Waals surface area (Å²) in [6, 6.07) is 9.45. The summed E-state index contributed by atoms with van der Waals surface area (Å²) in [5.74, 6) is 0. The number of hydrogen-bond donors (Lipinski definition) is 0. The zero-order valence-corrected chi connectivity index (χ0v) is 8.30. The van der Waals surface area contributed by atoms with Crippen LogP contribution in [-0.2, 0) is 4.74 Å². The summed E-state index contributed by atoms with van der Waals surface area (Å²) in [6.45, 7) is 2.22. The molecule has 0 spiro atoms. The Bertz CT molecular complexity index is 436. The van der Waals surface area contributed by atoms with E-state index in [0.29, 0.717) is 6.54 Å². The van der Waals surface area contributed by atoms with E-state index in [9.17, 15) is 4.79 Å². The number of anilines is 1.